The lowest BCUT2D eigenvalue weighted by molar-refractivity contribution is -0.122. The van der Waals surface area contributed by atoms with E-state index in [1.807, 2.05) is 48.5 Å². The molecule has 200 valence electrons. The Bertz CT molecular complexity index is 1550. The summed E-state index contributed by atoms with van der Waals surface area (Å²) in [5.41, 5.74) is 2.80. The molecule has 0 unspecified atom stereocenters. The molecule has 1 aliphatic rings. The van der Waals surface area contributed by atoms with E-state index in [1.165, 1.54) is 6.08 Å². The number of hydrogen-bond acceptors (Lipinski definition) is 6. The third-order valence-corrected chi connectivity index (χ3v) is 6.18. The fraction of sp³-hybridized carbons (Fsp3) is 0.0938. The maximum Gasteiger partial charge on any atom is 0.335 e. The summed E-state index contributed by atoms with van der Waals surface area (Å²) in [5, 5.41) is 2.22. The largest absolute Gasteiger partial charge is 0.493 e. The average molecular weight is 535 g/mol. The van der Waals surface area contributed by atoms with Crippen molar-refractivity contribution >= 4 is 29.6 Å². The van der Waals surface area contributed by atoms with Crippen LogP contribution in [0.1, 0.15) is 16.7 Å². The Hall–Kier alpha value is -5.37. The predicted molar refractivity (Wildman–Crippen MR) is 150 cm³/mol. The molecule has 4 aromatic carbocycles. The van der Waals surface area contributed by atoms with Crippen molar-refractivity contribution in [3.05, 3.63) is 125 Å². The number of benzene rings is 4. The molecule has 8 nitrogen and oxygen atoms in total. The van der Waals surface area contributed by atoms with Gasteiger partial charge in [0.15, 0.2) is 11.5 Å². The molecule has 1 heterocycles. The zero-order valence-electron chi connectivity index (χ0n) is 21.7. The SMILES string of the molecule is COc1cc(COc2ccc(/C=C3/C(=O)NC(=O)N(c4ccccc4)C3=O)cc2)ccc1OCc1ccccc1. The van der Waals surface area contributed by atoms with Crippen LogP contribution in [0.2, 0.25) is 0 Å². The summed E-state index contributed by atoms with van der Waals surface area (Å²) in [6.07, 6.45) is 1.45. The molecule has 0 radical (unpaired) electrons. The van der Waals surface area contributed by atoms with Crippen LogP contribution in [0.15, 0.2) is 109 Å². The van der Waals surface area contributed by atoms with Gasteiger partial charge >= 0.3 is 6.03 Å². The quantitative estimate of drug-likeness (QED) is 0.225. The lowest BCUT2D eigenvalue weighted by Gasteiger charge is -2.26. The number of hydrogen-bond donors (Lipinski definition) is 1. The number of barbiturate groups is 1. The van der Waals surface area contributed by atoms with Crippen molar-refractivity contribution in [2.45, 2.75) is 13.2 Å². The van der Waals surface area contributed by atoms with Crippen LogP contribution in [0.4, 0.5) is 10.5 Å². The summed E-state index contributed by atoms with van der Waals surface area (Å²) in [4.78, 5) is 38.7. The van der Waals surface area contributed by atoms with Gasteiger partial charge in [-0.1, -0.05) is 66.7 Å². The average Bonchev–Trinajstić information content (AvgIpc) is 2.99. The number of amides is 4. The Balaban J connectivity index is 1.23. The third kappa shape index (κ3) is 6.02. The second-order valence-corrected chi connectivity index (χ2v) is 8.91. The number of carbonyl (C=O) groups is 3. The number of carbonyl (C=O) groups excluding carboxylic acids is 3. The molecule has 4 amide bonds. The smallest absolute Gasteiger partial charge is 0.335 e. The standard InChI is InChI=1S/C32H26N2O6/c1-38-29-19-24(14-17-28(29)40-20-23-8-4-2-5-9-23)21-39-26-15-12-22(13-16-26)18-27-30(35)33-32(37)34(31(27)36)25-10-6-3-7-11-25/h2-19H,20-21H2,1H3,(H,33,35,37)/b27-18-. The minimum absolute atomic E-state index is 0.140. The van der Waals surface area contributed by atoms with E-state index in [-0.39, 0.29) is 5.57 Å². The second kappa shape index (κ2) is 12.0. The van der Waals surface area contributed by atoms with Crippen LogP contribution in [0, 0.1) is 0 Å². The Labute approximate surface area is 231 Å². The van der Waals surface area contributed by atoms with Crippen LogP contribution < -0.4 is 24.4 Å². The molecule has 0 saturated carbocycles. The lowest BCUT2D eigenvalue weighted by Crippen LogP contribution is -2.54. The molecule has 4 aromatic rings. The summed E-state index contributed by atoms with van der Waals surface area (Å²) in [6.45, 7) is 0.730. The van der Waals surface area contributed by atoms with Gasteiger partial charge in [0.25, 0.3) is 11.8 Å². The first-order chi connectivity index (χ1) is 19.5. The van der Waals surface area contributed by atoms with Crippen LogP contribution in [0.25, 0.3) is 6.08 Å². The Morgan fingerprint density at radius 1 is 0.725 bits per heavy atom. The highest BCUT2D eigenvalue weighted by molar-refractivity contribution is 6.39. The molecular weight excluding hydrogens is 508 g/mol. The lowest BCUT2D eigenvalue weighted by atomic mass is 10.1. The minimum Gasteiger partial charge on any atom is -0.493 e. The number of ether oxygens (including phenoxy) is 3. The minimum atomic E-state index is -0.783. The van der Waals surface area contributed by atoms with E-state index < -0.39 is 17.8 Å². The van der Waals surface area contributed by atoms with E-state index in [4.69, 9.17) is 14.2 Å². The summed E-state index contributed by atoms with van der Waals surface area (Å²) in [6, 6.07) is 30.1. The van der Waals surface area contributed by atoms with Crippen molar-refractivity contribution in [1.29, 1.82) is 0 Å². The van der Waals surface area contributed by atoms with Gasteiger partial charge in [-0.05, 0) is 59.2 Å². The molecule has 1 fully saturated rings. The first-order valence-electron chi connectivity index (χ1n) is 12.5. The molecule has 1 saturated heterocycles. The van der Waals surface area contributed by atoms with Crippen LogP contribution in [0.5, 0.6) is 17.2 Å². The van der Waals surface area contributed by atoms with Gasteiger partial charge in [0.05, 0.1) is 12.8 Å². The maximum absolute atomic E-state index is 13.0. The van der Waals surface area contributed by atoms with E-state index >= 15 is 0 Å². The number of anilines is 1. The van der Waals surface area contributed by atoms with Crippen LogP contribution in [-0.4, -0.2) is 25.0 Å². The van der Waals surface area contributed by atoms with Gasteiger partial charge < -0.3 is 14.2 Å². The van der Waals surface area contributed by atoms with Gasteiger partial charge in [0, 0.05) is 0 Å². The number of methoxy groups -OCH3 is 1. The van der Waals surface area contributed by atoms with Gasteiger partial charge in [0.2, 0.25) is 0 Å². The molecule has 1 N–H and O–H groups in total. The molecule has 0 spiro atoms. The molecule has 0 aromatic heterocycles. The molecule has 0 atom stereocenters. The number of urea groups is 1. The zero-order valence-corrected chi connectivity index (χ0v) is 21.7. The Morgan fingerprint density at radius 3 is 2.10 bits per heavy atom. The van der Waals surface area contributed by atoms with Gasteiger partial charge in [-0.3, -0.25) is 14.9 Å². The maximum atomic E-state index is 13.0. The highest BCUT2D eigenvalue weighted by atomic mass is 16.5. The highest BCUT2D eigenvalue weighted by Crippen LogP contribution is 2.29. The van der Waals surface area contributed by atoms with Crippen molar-refractivity contribution in [3.63, 3.8) is 0 Å². The predicted octanol–water partition coefficient (Wildman–Crippen LogP) is 5.52. The van der Waals surface area contributed by atoms with Crippen molar-refractivity contribution in [3.8, 4) is 17.2 Å². The Morgan fingerprint density at radius 2 is 1.40 bits per heavy atom. The number of imide groups is 2. The highest BCUT2D eigenvalue weighted by Gasteiger charge is 2.36. The number of nitrogens with zero attached hydrogens (tertiary/aromatic N) is 1. The van der Waals surface area contributed by atoms with Gasteiger partial charge in [-0.15, -0.1) is 0 Å². The van der Waals surface area contributed by atoms with E-state index in [0.29, 0.717) is 41.7 Å². The molecule has 1 aliphatic heterocycles. The van der Waals surface area contributed by atoms with E-state index in [9.17, 15) is 14.4 Å². The monoisotopic (exact) mass is 534 g/mol. The first kappa shape index (κ1) is 26.2. The normalized spacial score (nSPS) is 14.2. The molecule has 0 bridgehead atoms. The molecule has 0 aliphatic carbocycles. The molecular formula is C32H26N2O6. The first-order valence-corrected chi connectivity index (χ1v) is 12.5. The van der Waals surface area contributed by atoms with Crippen LogP contribution in [-0.2, 0) is 22.8 Å². The second-order valence-electron chi connectivity index (χ2n) is 8.91. The van der Waals surface area contributed by atoms with Gasteiger partial charge in [-0.25, -0.2) is 9.69 Å². The fourth-order valence-corrected chi connectivity index (χ4v) is 4.12. The third-order valence-electron chi connectivity index (χ3n) is 6.18. The summed E-state index contributed by atoms with van der Waals surface area (Å²) in [7, 11) is 1.59. The summed E-state index contributed by atoms with van der Waals surface area (Å²) < 4.78 is 17.3. The molecule has 40 heavy (non-hydrogen) atoms. The van der Waals surface area contributed by atoms with E-state index in [1.54, 1.807) is 61.7 Å². The molecule has 5 rings (SSSR count). The topological polar surface area (TPSA) is 94.2 Å². The fourth-order valence-electron chi connectivity index (χ4n) is 4.12. The van der Waals surface area contributed by atoms with E-state index in [0.717, 1.165) is 16.0 Å². The summed E-state index contributed by atoms with van der Waals surface area (Å²) >= 11 is 0. The van der Waals surface area contributed by atoms with Gasteiger partial charge in [0.1, 0.15) is 24.5 Å². The number of rotatable bonds is 9. The van der Waals surface area contributed by atoms with Crippen LogP contribution >= 0.6 is 0 Å². The molecule has 8 heteroatoms. The zero-order chi connectivity index (χ0) is 27.9. The van der Waals surface area contributed by atoms with Crippen LogP contribution in [0.3, 0.4) is 0 Å². The van der Waals surface area contributed by atoms with Gasteiger partial charge in [-0.2, -0.15) is 0 Å². The van der Waals surface area contributed by atoms with Crippen molar-refractivity contribution in [2.75, 3.05) is 12.0 Å². The van der Waals surface area contributed by atoms with Crippen molar-refractivity contribution in [2.24, 2.45) is 0 Å². The number of nitrogens with one attached hydrogen (secondary N) is 1. The van der Waals surface area contributed by atoms with Crippen molar-refractivity contribution < 1.29 is 28.6 Å². The Kier molecular flexibility index (Phi) is 7.87. The van der Waals surface area contributed by atoms with Crippen molar-refractivity contribution in [1.82, 2.24) is 5.32 Å². The number of para-hydroxylation sites is 1. The summed E-state index contributed by atoms with van der Waals surface area (Å²) in [5.74, 6) is 0.419. The van der Waals surface area contributed by atoms with E-state index in [2.05, 4.69) is 5.32 Å².